The van der Waals surface area contributed by atoms with Crippen LogP contribution in [0.5, 0.6) is 0 Å². The van der Waals surface area contributed by atoms with Crippen molar-refractivity contribution in [3.05, 3.63) is 108 Å². The van der Waals surface area contributed by atoms with Gasteiger partial charge < -0.3 is 52.8 Å². The van der Waals surface area contributed by atoms with Gasteiger partial charge in [-0.05, 0) is 74.9 Å². The van der Waals surface area contributed by atoms with Crippen LogP contribution in [0.2, 0.25) is 0 Å². The van der Waals surface area contributed by atoms with Gasteiger partial charge in [-0.25, -0.2) is 4.79 Å². The maximum Gasteiger partial charge on any atom is 0.326 e. The maximum atomic E-state index is 14.4. The Kier molecular flexibility index (Phi) is 16.7. The number of nitrogens with one attached hydrogen (secondary N) is 7. The minimum absolute atomic E-state index is 0.00556. The lowest BCUT2D eigenvalue weighted by molar-refractivity contribution is -0.143. The molecule has 2 heterocycles. The summed E-state index contributed by atoms with van der Waals surface area (Å²) in [5, 5.41) is 38.0. The van der Waals surface area contributed by atoms with Crippen LogP contribution in [0.15, 0.2) is 91.1 Å². The number of aliphatic hydroxyl groups is 1. The average molecular weight is 825 g/mol. The Labute approximate surface area is 348 Å². The first-order valence-corrected chi connectivity index (χ1v) is 20.4. The molecule has 320 valence electrons. The van der Waals surface area contributed by atoms with Gasteiger partial charge >= 0.3 is 5.97 Å². The van der Waals surface area contributed by atoms with E-state index in [0.29, 0.717) is 43.5 Å². The van der Waals surface area contributed by atoms with Crippen LogP contribution in [0, 0.1) is 0 Å². The summed E-state index contributed by atoms with van der Waals surface area (Å²) in [5.74, 6) is -4.70. The molecular formula is C44H56N8O8. The second-order valence-corrected chi connectivity index (χ2v) is 15.2. The first-order chi connectivity index (χ1) is 28.9. The predicted octanol–water partition coefficient (Wildman–Crippen LogP) is 0.966. The fourth-order valence-electron chi connectivity index (χ4n) is 7.25. The molecule has 4 aromatic rings. The zero-order valence-electron chi connectivity index (χ0n) is 33.7. The standard InChI is InChI=1S/C44H56N8O8/c1-27(53)38(43(58)51-37(44(59)60)24-29-15-6-3-7-16-29)52-40(55)34(19-10-11-21-45)48-42(57)36(25-30-26-47-32-18-9-8-17-31(30)32)50-41(56)35(23-28-13-4-2-5-14-28)49-39(54)33-20-12-22-46-33/h2-9,13-18,26-27,33-38,46-47,53H,10-12,19-25,45H2,1H3,(H,48,57)(H,49,54)(H,50,56)(H,51,58)(H,52,55)(H,59,60)/t27-,33+,34+,35+,36-,37+,38+/m1/s1. The number of unbranched alkanes of at least 4 members (excludes halogenated alkanes) is 1. The largest absolute Gasteiger partial charge is 0.480 e. The van der Waals surface area contributed by atoms with E-state index in [4.69, 9.17) is 5.73 Å². The van der Waals surface area contributed by atoms with Gasteiger partial charge in [-0.2, -0.15) is 0 Å². The van der Waals surface area contributed by atoms with E-state index in [9.17, 15) is 39.0 Å². The SMILES string of the molecule is C[C@@H](O)[C@H](NC(=O)[C@H](CCCCN)NC(=O)[C@@H](Cc1c[nH]c2ccccc12)NC(=O)[C@H](Cc1ccccc1)NC(=O)[C@@H]1CCCN1)C(=O)N[C@@H](Cc1ccccc1)C(=O)O. The van der Waals surface area contributed by atoms with Gasteiger partial charge in [0.2, 0.25) is 29.5 Å². The van der Waals surface area contributed by atoms with Crippen molar-refractivity contribution in [1.29, 1.82) is 0 Å². The number of aliphatic carboxylic acids is 1. The number of para-hydroxylation sites is 1. The van der Waals surface area contributed by atoms with Gasteiger partial charge in [0.05, 0.1) is 12.1 Å². The molecule has 1 saturated heterocycles. The van der Waals surface area contributed by atoms with Crippen molar-refractivity contribution in [2.75, 3.05) is 13.1 Å². The predicted molar refractivity (Wildman–Crippen MR) is 225 cm³/mol. The van der Waals surface area contributed by atoms with E-state index in [2.05, 4.69) is 36.9 Å². The summed E-state index contributed by atoms with van der Waals surface area (Å²) in [4.78, 5) is 84.7. The van der Waals surface area contributed by atoms with Crippen LogP contribution in [0.3, 0.4) is 0 Å². The molecule has 0 spiro atoms. The third kappa shape index (κ3) is 12.9. The highest BCUT2D eigenvalue weighted by Crippen LogP contribution is 2.20. The molecule has 0 radical (unpaired) electrons. The summed E-state index contributed by atoms with van der Waals surface area (Å²) in [7, 11) is 0. The highest BCUT2D eigenvalue weighted by molar-refractivity contribution is 5.97. The lowest BCUT2D eigenvalue weighted by atomic mass is 10.0. The van der Waals surface area contributed by atoms with Crippen molar-refractivity contribution < 1.29 is 39.0 Å². The zero-order chi connectivity index (χ0) is 43.0. The molecule has 60 heavy (non-hydrogen) atoms. The normalized spacial score (nSPS) is 16.7. The number of aromatic nitrogens is 1. The minimum Gasteiger partial charge on any atom is -0.480 e. The van der Waals surface area contributed by atoms with Gasteiger partial charge in [0, 0.05) is 36.4 Å². The van der Waals surface area contributed by atoms with Crippen LogP contribution in [0.25, 0.3) is 10.9 Å². The Balaban J connectivity index is 1.38. The number of nitrogens with two attached hydrogens (primary N) is 1. The van der Waals surface area contributed by atoms with E-state index >= 15 is 0 Å². The Morgan fingerprint density at radius 1 is 0.700 bits per heavy atom. The fourth-order valence-corrected chi connectivity index (χ4v) is 7.25. The highest BCUT2D eigenvalue weighted by atomic mass is 16.4. The highest BCUT2D eigenvalue weighted by Gasteiger charge is 2.35. The number of benzene rings is 3. The average Bonchev–Trinajstić information content (AvgIpc) is 3.93. The first kappa shape index (κ1) is 45.0. The number of rotatable bonds is 22. The number of carboxylic acid groups (broad SMARTS) is 1. The zero-order valence-corrected chi connectivity index (χ0v) is 33.7. The molecule has 1 aromatic heterocycles. The van der Waals surface area contributed by atoms with Gasteiger partial charge in [0.1, 0.15) is 30.2 Å². The Bertz CT molecular complexity index is 2050. The van der Waals surface area contributed by atoms with E-state index < -0.39 is 72.0 Å². The fraction of sp³-hybridized carbons (Fsp3) is 0.409. The number of carbonyl (C=O) groups is 6. The van der Waals surface area contributed by atoms with E-state index in [1.165, 1.54) is 6.92 Å². The summed E-state index contributed by atoms with van der Waals surface area (Å²) in [6.45, 7) is 2.27. The van der Waals surface area contributed by atoms with Crippen LogP contribution < -0.4 is 37.6 Å². The molecular weight excluding hydrogens is 769 g/mol. The topological polar surface area (TPSA) is 257 Å². The molecule has 7 atom stereocenters. The molecule has 16 heteroatoms. The molecule has 0 bridgehead atoms. The number of amides is 5. The van der Waals surface area contributed by atoms with E-state index in [1.807, 2.05) is 54.6 Å². The smallest absolute Gasteiger partial charge is 0.326 e. The van der Waals surface area contributed by atoms with Crippen LogP contribution >= 0.6 is 0 Å². The molecule has 0 saturated carbocycles. The summed E-state index contributed by atoms with van der Waals surface area (Å²) in [6.07, 6.45) is 2.83. The maximum absolute atomic E-state index is 14.4. The molecule has 0 aliphatic carbocycles. The van der Waals surface area contributed by atoms with Gasteiger partial charge in [-0.1, -0.05) is 78.9 Å². The summed E-state index contributed by atoms with van der Waals surface area (Å²) in [5.41, 5.74) is 8.72. The van der Waals surface area contributed by atoms with Crippen LogP contribution in [0.4, 0.5) is 0 Å². The van der Waals surface area contributed by atoms with Crippen molar-refractivity contribution >= 4 is 46.4 Å². The number of hydrogen-bond donors (Lipinski definition) is 10. The minimum atomic E-state index is -1.58. The molecule has 1 fully saturated rings. The third-order valence-corrected chi connectivity index (χ3v) is 10.6. The molecule has 5 amide bonds. The monoisotopic (exact) mass is 824 g/mol. The number of carboxylic acids is 1. The molecule has 1 aliphatic rings. The van der Waals surface area contributed by atoms with E-state index in [-0.39, 0.29) is 31.6 Å². The van der Waals surface area contributed by atoms with Gasteiger partial charge in [-0.15, -0.1) is 0 Å². The van der Waals surface area contributed by atoms with Crippen molar-refractivity contribution in [3.63, 3.8) is 0 Å². The first-order valence-electron chi connectivity index (χ1n) is 20.4. The van der Waals surface area contributed by atoms with E-state index in [1.54, 1.807) is 36.5 Å². The second kappa shape index (κ2) is 22.3. The number of aliphatic hydroxyl groups excluding tert-OH is 1. The summed E-state index contributed by atoms with van der Waals surface area (Å²) in [6, 6.07) is 18.4. The Morgan fingerprint density at radius 2 is 1.27 bits per heavy atom. The molecule has 3 aromatic carbocycles. The Morgan fingerprint density at radius 3 is 1.87 bits per heavy atom. The quantitative estimate of drug-likeness (QED) is 0.0503. The van der Waals surface area contributed by atoms with Crippen LogP contribution in [-0.4, -0.2) is 106 Å². The molecule has 0 unspecified atom stereocenters. The van der Waals surface area contributed by atoms with Gasteiger partial charge in [0.25, 0.3) is 0 Å². The summed E-state index contributed by atoms with van der Waals surface area (Å²) < 4.78 is 0. The molecule has 11 N–H and O–H groups in total. The molecule has 5 rings (SSSR count). The third-order valence-electron chi connectivity index (χ3n) is 10.6. The summed E-state index contributed by atoms with van der Waals surface area (Å²) >= 11 is 0. The number of hydrogen-bond acceptors (Lipinski definition) is 9. The molecule has 16 nitrogen and oxygen atoms in total. The lowest BCUT2D eigenvalue weighted by Crippen LogP contribution is -2.61. The van der Waals surface area contributed by atoms with Crippen molar-refractivity contribution in [2.24, 2.45) is 5.73 Å². The lowest BCUT2D eigenvalue weighted by Gasteiger charge is -2.28. The number of carbonyl (C=O) groups excluding carboxylic acids is 5. The molecule has 1 aliphatic heterocycles. The van der Waals surface area contributed by atoms with Crippen LogP contribution in [-0.2, 0) is 48.0 Å². The second-order valence-electron chi connectivity index (χ2n) is 15.2. The van der Waals surface area contributed by atoms with Crippen molar-refractivity contribution in [2.45, 2.75) is 101 Å². The van der Waals surface area contributed by atoms with Crippen molar-refractivity contribution in [3.8, 4) is 0 Å². The Hall–Kier alpha value is -6.10. The van der Waals surface area contributed by atoms with Crippen LogP contribution in [0.1, 0.15) is 55.7 Å². The number of fused-ring (bicyclic) bond motifs is 1. The van der Waals surface area contributed by atoms with Crippen molar-refractivity contribution in [1.82, 2.24) is 36.9 Å². The van der Waals surface area contributed by atoms with E-state index in [0.717, 1.165) is 22.9 Å². The van der Waals surface area contributed by atoms with Gasteiger partial charge in [0.15, 0.2) is 0 Å². The number of H-pyrrole nitrogens is 1. The van der Waals surface area contributed by atoms with Gasteiger partial charge in [-0.3, -0.25) is 24.0 Å². The number of aromatic amines is 1.